The number of morpholine rings is 1. The average Bonchev–Trinajstić information content (AvgIpc) is 3.01. The van der Waals surface area contributed by atoms with Crippen molar-refractivity contribution in [3.63, 3.8) is 0 Å². The van der Waals surface area contributed by atoms with Crippen molar-refractivity contribution in [2.45, 2.75) is 20.8 Å². The molecule has 1 fully saturated rings. The molecular formula is C17H22N2O3S. The van der Waals surface area contributed by atoms with Crippen LogP contribution in [0.25, 0.3) is 11.3 Å². The Labute approximate surface area is 140 Å². The number of rotatable bonds is 3. The minimum Gasteiger partial charge on any atom is -0.413 e. The Morgan fingerprint density at radius 1 is 1.22 bits per heavy atom. The average molecular weight is 334 g/mol. The predicted molar refractivity (Wildman–Crippen MR) is 93.2 cm³/mol. The first-order valence-corrected chi connectivity index (χ1v) is 8.63. The third kappa shape index (κ3) is 4.53. The van der Waals surface area contributed by atoms with Crippen LogP contribution in [0.2, 0.25) is 0 Å². The minimum absolute atomic E-state index is 0.329. The lowest BCUT2D eigenvalue weighted by Crippen LogP contribution is -2.36. The van der Waals surface area contributed by atoms with Gasteiger partial charge in [0.1, 0.15) is 5.69 Å². The fourth-order valence-electron chi connectivity index (χ4n) is 2.16. The van der Waals surface area contributed by atoms with Gasteiger partial charge in [-0.05, 0) is 0 Å². The number of carbonyl (C=O) groups excluding carboxylic acids is 1. The molecule has 124 valence electrons. The summed E-state index contributed by atoms with van der Waals surface area (Å²) in [6, 6.07) is 9.77. The number of esters is 1. The molecule has 0 aliphatic carbocycles. The molecule has 0 N–H and O–H groups in total. The Hall–Kier alpha value is -1.92. The van der Waals surface area contributed by atoms with E-state index in [0.717, 1.165) is 29.5 Å². The molecule has 1 saturated heterocycles. The van der Waals surface area contributed by atoms with Gasteiger partial charge in [-0.3, -0.25) is 4.79 Å². The van der Waals surface area contributed by atoms with Gasteiger partial charge in [0, 0.05) is 25.6 Å². The number of hydrogen-bond donors (Lipinski definition) is 0. The van der Waals surface area contributed by atoms with Gasteiger partial charge in [0.2, 0.25) is 5.06 Å². The van der Waals surface area contributed by atoms with Crippen LogP contribution >= 0.6 is 11.3 Å². The molecule has 2 aromatic rings. The summed E-state index contributed by atoms with van der Waals surface area (Å²) in [5, 5.41) is 1.42. The summed E-state index contributed by atoms with van der Waals surface area (Å²) in [5.41, 5.74) is 1.67. The van der Waals surface area contributed by atoms with Crippen LogP contribution < -0.4 is 9.64 Å². The fourth-order valence-corrected chi connectivity index (χ4v) is 3.20. The highest BCUT2D eigenvalue weighted by molar-refractivity contribution is 7.18. The van der Waals surface area contributed by atoms with Gasteiger partial charge in [-0.2, -0.15) is 0 Å². The summed E-state index contributed by atoms with van der Waals surface area (Å²) in [4.78, 5) is 18.1. The van der Waals surface area contributed by atoms with Crippen LogP contribution in [0, 0.1) is 0 Å². The largest absolute Gasteiger partial charge is 0.413 e. The van der Waals surface area contributed by atoms with E-state index < -0.39 is 0 Å². The van der Waals surface area contributed by atoms with Crippen molar-refractivity contribution in [2.75, 3.05) is 31.2 Å². The Morgan fingerprint density at radius 3 is 2.48 bits per heavy atom. The quantitative estimate of drug-likeness (QED) is 0.803. The first kappa shape index (κ1) is 17.4. The van der Waals surface area contributed by atoms with Gasteiger partial charge in [-0.15, -0.1) is 0 Å². The van der Waals surface area contributed by atoms with Crippen molar-refractivity contribution in [3.05, 3.63) is 30.3 Å². The summed E-state index contributed by atoms with van der Waals surface area (Å²) in [6.45, 7) is 8.41. The van der Waals surface area contributed by atoms with E-state index in [1.54, 1.807) is 0 Å². The summed E-state index contributed by atoms with van der Waals surface area (Å²) in [6.07, 6.45) is 0. The molecule has 1 aliphatic heterocycles. The second kappa shape index (κ2) is 8.64. The molecule has 6 heteroatoms. The van der Waals surface area contributed by atoms with Crippen LogP contribution in [0.15, 0.2) is 30.3 Å². The van der Waals surface area contributed by atoms with Gasteiger partial charge in [-0.25, -0.2) is 4.98 Å². The standard InChI is InChI=1S/C15H16N2O3S.C2H6/c1-11(18)20-14-13(12-5-3-2-4-6-12)16-15(21-14)17-7-9-19-10-8-17;1-2/h2-6H,7-10H2,1H3;1-2H3. The van der Waals surface area contributed by atoms with Crippen LogP contribution in [0.5, 0.6) is 5.06 Å². The molecule has 0 bridgehead atoms. The number of carbonyl (C=O) groups is 1. The van der Waals surface area contributed by atoms with Crippen LogP contribution in [-0.4, -0.2) is 37.3 Å². The number of nitrogens with zero attached hydrogens (tertiary/aromatic N) is 2. The summed E-state index contributed by atoms with van der Waals surface area (Å²) in [5.74, 6) is -0.329. The topological polar surface area (TPSA) is 51.7 Å². The Balaban J connectivity index is 0.000000924. The lowest BCUT2D eigenvalue weighted by atomic mass is 10.2. The predicted octanol–water partition coefficient (Wildman–Crippen LogP) is 3.60. The van der Waals surface area contributed by atoms with Crippen LogP contribution in [0.4, 0.5) is 5.13 Å². The molecular weight excluding hydrogens is 312 g/mol. The maximum absolute atomic E-state index is 11.3. The number of benzene rings is 1. The highest BCUT2D eigenvalue weighted by atomic mass is 32.1. The molecule has 1 aromatic heterocycles. The maximum atomic E-state index is 11.3. The Morgan fingerprint density at radius 2 is 1.87 bits per heavy atom. The van der Waals surface area contributed by atoms with Crippen LogP contribution in [0.1, 0.15) is 20.8 Å². The molecule has 5 nitrogen and oxygen atoms in total. The van der Waals surface area contributed by atoms with E-state index >= 15 is 0 Å². The SMILES string of the molecule is CC.CC(=O)Oc1sc(N2CCOCC2)nc1-c1ccccc1. The fraction of sp³-hybridized carbons (Fsp3) is 0.412. The number of hydrogen-bond acceptors (Lipinski definition) is 6. The molecule has 1 aromatic carbocycles. The lowest BCUT2D eigenvalue weighted by molar-refractivity contribution is -0.131. The maximum Gasteiger partial charge on any atom is 0.308 e. The van der Waals surface area contributed by atoms with E-state index in [4.69, 9.17) is 9.47 Å². The van der Waals surface area contributed by atoms with Gasteiger partial charge in [0.05, 0.1) is 13.2 Å². The highest BCUT2D eigenvalue weighted by Crippen LogP contribution is 2.39. The molecule has 0 spiro atoms. The molecule has 3 rings (SSSR count). The Bertz CT molecular complexity index is 622. The third-order valence-electron chi connectivity index (χ3n) is 3.15. The van der Waals surface area contributed by atoms with Crippen molar-refractivity contribution in [1.29, 1.82) is 0 Å². The van der Waals surface area contributed by atoms with Crippen molar-refractivity contribution >= 4 is 22.4 Å². The van der Waals surface area contributed by atoms with Crippen molar-refractivity contribution < 1.29 is 14.3 Å². The van der Waals surface area contributed by atoms with Crippen molar-refractivity contribution in [3.8, 4) is 16.3 Å². The molecule has 0 saturated carbocycles. The highest BCUT2D eigenvalue weighted by Gasteiger charge is 2.21. The van der Waals surface area contributed by atoms with Crippen LogP contribution in [0.3, 0.4) is 0 Å². The molecule has 0 radical (unpaired) electrons. The van der Waals surface area contributed by atoms with E-state index in [1.165, 1.54) is 18.3 Å². The molecule has 23 heavy (non-hydrogen) atoms. The van der Waals surface area contributed by atoms with Crippen molar-refractivity contribution in [1.82, 2.24) is 4.98 Å². The molecule has 1 aliphatic rings. The molecule has 0 unspecified atom stereocenters. The summed E-state index contributed by atoms with van der Waals surface area (Å²) in [7, 11) is 0. The second-order valence-corrected chi connectivity index (χ2v) is 5.63. The molecule has 2 heterocycles. The smallest absolute Gasteiger partial charge is 0.308 e. The van der Waals surface area contributed by atoms with E-state index in [-0.39, 0.29) is 5.97 Å². The van der Waals surface area contributed by atoms with Gasteiger partial charge >= 0.3 is 5.97 Å². The number of ether oxygens (including phenoxy) is 2. The number of anilines is 1. The zero-order chi connectivity index (χ0) is 16.7. The van der Waals surface area contributed by atoms with Gasteiger partial charge in [0.25, 0.3) is 0 Å². The molecule has 0 amide bonds. The second-order valence-electron chi connectivity index (χ2n) is 4.69. The monoisotopic (exact) mass is 334 g/mol. The van der Waals surface area contributed by atoms with E-state index in [9.17, 15) is 4.79 Å². The minimum atomic E-state index is -0.329. The normalized spacial score (nSPS) is 14.0. The summed E-state index contributed by atoms with van der Waals surface area (Å²) >= 11 is 1.41. The van der Waals surface area contributed by atoms with Gasteiger partial charge in [-0.1, -0.05) is 55.5 Å². The van der Waals surface area contributed by atoms with Crippen molar-refractivity contribution in [2.24, 2.45) is 0 Å². The number of thiazole rings is 1. The van der Waals surface area contributed by atoms with E-state index in [1.807, 2.05) is 44.2 Å². The first-order valence-electron chi connectivity index (χ1n) is 7.81. The van der Waals surface area contributed by atoms with Gasteiger partial charge in [0.15, 0.2) is 5.13 Å². The summed E-state index contributed by atoms with van der Waals surface area (Å²) < 4.78 is 10.7. The van der Waals surface area contributed by atoms with Crippen LogP contribution in [-0.2, 0) is 9.53 Å². The third-order valence-corrected chi connectivity index (χ3v) is 4.14. The van der Waals surface area contributed by atoms with E-state index in [0.29, 0.717) is 18.3 Å². The lowest BCUT2D eigenvalue weighted by Gasteiger charge is -2.25. The zero-order valence-electron chi connectivity index (χ0n) is 13.7. The van der Waals surface area contributed by atoms with E-state index in [2.05, 4.69) is 9.88 Å². The number of aromatic nitrogens is 1. The molecule has 0 atom stereocenters. The Kier molecular flexibility index (Phi) is 6.55. The zero-order valence-corrected chi connectivity index (χ0v) is 14.6. The first-order chi connectivity index (χ1) is 11.2. The van der Waals surface area contributed by atoms with Gasteiger partial charge < -0.3 is 14.4 Å².